The summed E-state index contributed by atoms with van der Waals surface area (Å²) in [6, 6.07) is -0.188. The van der Waals surface area contributed by atoms with Crippen LogP contribution in [0.5, 0.6) is 0 Å². The number of nitrogens with zero attached hydrogens (tertiary/aromatic N) is 1. The molecule has 0 spiro atoms. The number of epoxide rings is 1. The first-order chi connectivity index (χ1) is 9.98. The van der Waals surface area contributed by atoms with Gasteiger partial charge < -0.3 is 14.9 Å². The van der Waals surface area contributed by atoms with E-state index in [1.54, 1.807) is 6.92 Å². The Morgan fingerprint density at radius 2 is 2.10 bits per heavy atom. The van der Waals surface area contributed by atoms with Crippen LogP contribution in [0.1, 0.15) is 33.1 Å². The zero-order valence-corrected chi connectivity index (χ0v) is 12.8. The molecule has 2 N–H and O–H groups in total. The van der Waals surface area contributed by atoms with Crippen molar-refractivity contribution in [2.24, 2.45) is 5.92 Å². The predicted molar refractivity (Wildman–Crippen MR) is 79.8 cm³/mol. The number of hydrogen-bond donors (Lipinski definition) is 2. The molecule has 0 aromatic rings. The van der Waals surface area contributed by atoms with E-state index in [1.807, 2.05) is 0 Å². The molecule has 1 aliphatic carbocycles. The molecule has 4 heteroatoms. The van der Waals surface area contributed by atoms with Gasteiger partial charge in [0.25, 0.3) is 0 Å². The minimum atomic E-state index is -1.10. The van der Waals surface area contributed by atoms with Crippen molar-refractivity contribution in [3.8, 4) is 0 Å². The molecule has 0 bridgehead atoms. The molecule has 116 valence electrons. The molecule has 0 aromatic heterocycles. The van der Waals surface area contributed by atoms with Gasteiger partial charge in [0.1, 0.15) is 17.8 Å². The number of hydrogen-bond acceptors (Lipinski definition) is 4. The van der Waals surface area contributed by atoms with E-state index in [2.05, 4.69) is 30.1 Å². The average Bonchev–Trinajstić information content (AvgIpc) is 3.33. The van der Waals surface area contributed by atoms with E-state index in [0.717, 1.165) is 18.9 Å². The summed E-state index contributed by atoms with van der Waals surface area (Å²) in [4.78, 5) is 2.24. The summed E-state index contributed by atoms with van der Waals surface area (Å²) in [6.45, 7) is 4.72. The average molecular weight is 291 g/mol. The third-order valence-electron chi connectivity index (χ3n) is 5.55. The first-order valence-corrected chi connectivity index (χ1v) is 8.17. The predicted octanol–water partition coefficient (Wildman–Crippen LogP) is 1.23. The van der Waals surface area contributed by atoms with Gasteiger partial charge in [0, 0.05) is 6.54 Å². The molecule has 3 heterocycles. The molecule has 3 aliphatic heterocycles. The van der Waals surface area contributed by atoms with Gasteiger partial charge in [0.15, 0.2) is 0 Å². The first kappa shape index (κ1) is 13.9. The summed E-state index contributed by atoms with van der Waals surface area (Å²) < 4.78 is 5.67. The Morgan fingerprint density at radius 1 is 1.33 bits per heavy atom. The monoisotopic (exact) mass is 291 g/mol. The lowest BCUT2D eigenvalue weighted by Gasteiger charge is -2.33. The molecule has 1 saturated carbocycles. The van der Waals surface area contributed by atoms with Crippen LogP contribution in [-0.2, 0) is 4.74 Å². The number of aliphatic hydroxyl groups excluding tert-OH is 1. The fourth-order valence-corrected chi connectivity index (χ4v) is 4.06. The van der Waals surface area contributed by atoms with Gasteiger partial charge in [-0.1, -0.05) is 23.8 Å². The fourth-order valence-electron chi connectivity index (χ4n) is 4.06. The molecular formula is C17H25NO3. The first-order valence-electron chi connectivity index (χ1n) is 8.17. The van der Waals surface area contributed by atoms with Crippen molar-refractivity contribution >= 4 is 0 Å². The van der Waals surface area contributed by atoms with Crippen molar-refractivity contribution in [1.29, 1.82) is 0 Å². The van der Waals surface area contributed by atoms with Crippen LogP contribution >= 0.6 is 0 Å². The van der Waals surface area contributed by atoms with E-state index in [-0.39, 0.29) is 18.2 Å². The van der Waals surface area contributed by atoms with Crippen molar-refractivity contribution in [2.45, 2.75) is 69.1 Å². The molecule has 4 fully saturated rings. The Hall–Kier alpha value is -0.680. The molecule has 3 saturated heterocycles. The smallest absolute Gasteiger partial charge is 0.108 e. The van der Waals surface area contributed by atoms with E-state index < -0.39 is 11.7 Å². The lowest BCUT2D eigenvalue weighted by atomic mass is 9.88. The Balaban J connectivity index is 1.57. The summed E-state index contributed by atoms with van der Waals surface area (Å²) in [6.07, 6.45) is 9.79. The molecule has 0 amide bonds. The molecule has 4 nitrogen and oxygen atoms in total. The maximum Gasteiger partial charge on any atom is 0.108 e. The maximum atomic E-state index is 10.7. The summed E-state index contributed by atoms with van der Waals surface area (Å²) in [5.74, 6) is 0.758. The van der Waals surface area contributed by atoms with Gasteiger partial charge in [-0.3, -0.25) is 4.90 Å². The second-order valence-corrected chi connectivity index (χ2v) is 7.38. The fraction of sp³-hybridized carbons (Fsp3) is 0.765. The number of ether oxygens (including phenoxy) is 1. The molecule has 0 aromatic carbocycles. The highest BCUT2D eigenvalue weighted by Gasteiger charge is 2.65. The van der Waals surface area contributed by atoms with Crippen LogP contribution in [0.15, 0.2) is 23.8 Å². The summed E-state index contributed by atoms with van der Waals surface area (Å²) in [7, 11) is 0. The van der Waals surface area contributed by atoms with Crippen LogP contribution in [0.2, 0.25) is 0 Å². The lowest BCUT2D eigenvalue weighted by molar-refractivity contribution is -0.0587. The van der Waals surface area contributed by atoms with Crippen LogP contribution in [-0.4, -0.2) is 57.7 Å². The zero-order chi connectivity index (χ0) is 14.8. The van der Waals surface area contributed by atoms with E-state index >= 15 is 0 Å². The standard InChI is InChI=1S/C17H25NO3/c1-10(3-4-11-5-6-11)9-12-16(19)17(2,20)15-14-13(21-14)7-8-18(12)15/h3-4,9,11-16,19-20H,5-8H2,1-2H3/b4-3+,10-9+/t12-,13+,14+,15+,16-,17-/m0/s1. The SMILES string of the molecule is CC(/C=C/C1CC1)=C\[C@H]1[C@H](O)[C@@](C)(O)[C@H]2[C@@H]3O[C@@H]3CCN12. The minimum absolute atomic E-state index is 0.0762. The molecule has 21 heavy (non-hydrogen) atoms. The Bertz CT molecular complexity index is 494. The Labute approximate surface area is 126 Å². The Kier molecular flexibility index (Phi) is 3.09. The molecule has 0 radical (unpaired) electrons. The van der Waals surface area contributed by atoms with Crippen LogP contribution in [0.4, 0.5) is 0 Å². The highest BCUT2D eigenvalue weighted by Crippen LogP contribution is 2.47. The van der Waals surface area contributed by atoms with Gasteiger partial charge in [-0.25, -0.2) is 0 Å². The van der Waals surface area contributed by atoms with Gasteiger partial charge in [-0.05, 0) is 39.0 Å². The van der Waals surface area contributed by atoms with Crippen molar-refractivity contribution in [1.82, 2.24) is 4.90 Å². The van der Waals surface area contributed by atoms with E-state index in [1.165, 1.54) is 18.4 Å². The van der Waals surface area contributed by atoms with Gasteiger partial charge >= 0.3 is 0 Å². The van der Waals surface area contributed by atoms with E-state index in [4.69, 9.17) is 4.74 Å². The summed E-state index contributed by atoms with van der Waals surface area (Å²) >= 11 is 0. The van der Waals surface area contributed by atoms with Gasteiger partial charge in [0.2, 0.25) is 0 Å². The topological polar surface area (TPSA) is 56.2 Å². The number of rotatable bonds is 3. The molecule has 4 aliphatic rings. The Morgan fingerprint density at radius 3 is 2.81 bits per heavy atom. The van der Waals surface area contributed by atoms with Gasteiger partial charge in [0.05, 0.1) is 18.2 Å². The van der Waals surface area contributed by atoms with E-state index in [0.29, 0.717) is 6.10 Å². The molecule has 4 rings (SSSR count). The molecule has 6 atom stereocenters. The van der Waals surface area contributed by atoms with Crippen LogP contribution in [0, 0.1) is 5.92 Å². The van der Waals surface area contributed by atoms with Gasteiger partial charge in [-0.2, -0.15) is 0 Å². The number of allylic oxidation sites excluding steroid dienone is 3. The van der Waals surface area contributed by atoms with Crippen LogP contribution < -0.4 is 0 Å². The highest BCUT2D eigenvalue weighted by molar-refractivity contribution is 5.27. The van der Waals surface area contributed by atoms with Crippen LogP contribution in [0.3, 0.4) is 0 Å². The van der Waals surface area contributed by atoms with Crippen LogP contribution in [0.25, 0.3) is 0 Å². The second-order valence-electron chi connectivity index (χ2n) is 7.38. The second kappa shape index (κ2) is 4.66. The third kappa shape index (κ3) is 2.29. The normalized spacial score (nSPS) is 50.3. The maximum absolute atomic E-state index is 10.7. The minimum Gasteiger partial charge on any atom is -0.388 e. The zero-order valence-electron chi connectivity index (χ0n) is 12.8. The van der Waals surface area contributed by atoms with E-state index in [9.17, 15) is 10.2 Å². The lowest BCUT2D eigenvalue weighted by Crippen LogP contribution is -2.52. The largest absolute Gasteiger partial charge is 0.388 e. The van der Waals surface area contributed by atoms with Crippen molar-refractivity contribution in [3.05, 3.63) is 23.8 Å². The summed E-state index contributed by atoms with van der Waals surface area (Å²) in [5, 5.41) is 21.4. The summed E-state index contributed by atoms with van der Waals surface area (Å²) in [5.41, 5.74) is 0.0721. The third-order valence-corrected chi connectivity index (χ3v) is 5.55. The molecule has 0 unspecified atom stereocenters. The number of aliphatic hydroxyl groups is 2. The quantitative estimate of drug-likeness (QED) is 0.607. The molecular weight excluding hydrogens is 266 g/mol. The van der Waals surface area contributed by atoms with Crippen molar-refractivity contribution < 1.29 is 14.9 Å². The van der Waals surface area contributed by atoms with Gasteiger partial charge in [-0.15, -0.1) is 0 Å². The van der Waals surface area contributed by atoms with Crippen molar-refractivity contribution in [2.75, 3.05) is 6.54 Å². The highest BCUT2D eigenvalue weighted by atomic mass is 16.6. The van der Waals surface area contributed by atoms with Crippen molar-refractivity contribution in [3.63, 3.8) is 0 Å². The number of fused-ring (bicyclic) bond motifs is 3. The number of piperidine rings is 1.